The van der Waals surface area contributed by atoms with Crippen LogP contribution in [-0.2, 0) is 9.30 Å². The quantitative estimate of drug-likeness (QED) is 0.246. The molecular formula is C6H14NO8P. The summed E-state index contributed by atoms with van der Waals surface area (Å²) in [6.45, 7) is 0. The van der Waals surface area contributed by atoms with Crippen molar-refractivity contribution in [2.24, 2.45) is 5.73 Å². The first-order valence-electron chi connectivity index (χ1n) is 4.34. The molecule has 16 heavy (non-hydrogen) atoms. The summed E-state index contributed by atoms with van der Waals surface area (Å²) in [5, 5.41) is 37.1. The Bertz CT molecular complexity index is 294. The number of nitrogens with two attached hydrogens (primary N) is 1. The van der Waals surface area contributed by atoms with Gasteiger partial charge >= 0.3 is 7.60 Å². The van der Waals surface area contributed by atoms with Gasteiger partial charge in [0.1, 0.15) is 18.3 Å². The highest BCUT2D eigenvalue weighted by Gasteiger charge is 2.49. The minimum atomic E-state index is -4.93. The number of aliphatic hydroxyl groups is 4. The zero-order valence-corrected chi connectivity index (χ0v) is 8.88. The lowest BCUT2D eigenvalue weighted by molar-refractivity contribution is -0.254. The Kier molecular flexibility index (Phi) is 4.06. The van der Waals surface area contributed by atoms with Gasteiger partial charge in [-0.1, -0.05) is 0 Å². The van der Waals surface area contributed by atoms with Gasteiger partial charge in [-0.2, -0.15) is 0 Å². The molecule has 6 atom stereocenters. The van der Waals surface area contributed by atoms with Gasteiger partial charge in [0.15, 0.2) is 12.1 Å². The Morgan fingerprint density at radius 1 is 1.19 bits per heavy atom. The SMILES string of the molecule is N[C@H]1C(O)O[C@H]([C@@H](O)P(=O)(O)O)[C@@H](O)[C@@H]1O. The third-order valence-corrected chi connectivity index (χ3v) is 3.33. The van der Waals surface area contributed by atoms with E-state index in [1.165, 1.54) is 0 Å². The molecule has 10 heteroatoms. The third-order valence-electron chi connectivity index (χ3n) is 2.35. The molecule has 0 aromatic rings. The maximum atomic E-state index is 10.7. The average Bonchev–Trinajstić information content (AvgIpc) is 2.18. The van der Waals surface area contributed by atoms with Crippen molar-refractivity contribution in [3.05, 3.63) is 0 Å². The second-order valence-electron chi connectivity index (χ2n) is 3.55. The van der Waals surface area contributed by atoms with Crippen LogP contribution in [0.5, 0.6) is 0 Å². The molecule has 0 saturated carbocycles. The smallest absolute Gasteiger partial charge is 0.356 e. The van der Waals surface area contributed by atoms with Gasteiger partial charge in [0.25, 0.3) is 0 Å². The van der Waals surface area contributed by atoms with Crippen LogP contribution in [-0.4, -0.2) is 66.7 Å². The van der Waals surface area contributed by atoms with E-state index in [-0.39, 0.29) is 0 Å². The molecule has 0 aliphatic carbocycles. The number of hydrogen-bond acceptors (Lipinski definition) is 7. The number of ether oxygens (including phenoxy) is 1. The molecule has 0 amide bonds. The molecule has 1 rings (SSSR count). The first-order valence-corrected chi connectivity index (χ1v) is 6.03. The van der Waals surface area contributed by atoms with Crippen LogP contribution in [0.2, 0.25) is 0 Å². The van der Waals surface area contributed by atoms with Crippen LogP contribution in [0.15, 0.2) is 0 Å². The van der Waals surface area contributed by atoms with E-state index < -0.39 is 44.1 Å². The highest BCUT2D eigenvalue weighted by Crippen LogP contribution is 2.44. The molecule has 1 saturated heterocycles. The Morgan fingerprint density at radius 3 is 2.12 bits per heavy atom. The van der Waals surface area contributed by atoms with Crippen LogP contribution in [0.4, 0.5) is 0 Å². The van der Waals surface area contributed by atoms with Crippen LogP contribution in [0, 0.1) is 0 Å². The van der Waals surface area contributed by atoms with Crippen molar-refractivity contribution in [2.75, 3.05) is 0 Å². The van der Waals surface area contributed by atoms with E-state index >= 15 is 0 Å². The van der Waals surface area contributed by atoms with E-state index in [2.05, 4.69) is 4.74 Å². The van der Waals surface area contributed by atoms with Crippen molar-refractivity contribution < 1.29 is 39.5 Å². The molecule has 1 fully saturated rings. The van der Waals surface area contributed by atoms with Crippen molar-refractivity contribution in [1.82, 2.24) is 0 Å². The Morgan fingerprint density at radius 2 is 1.69 bits per heavy atom. The normalized spacial score (nSPS) is 43.1. The number of hydrogen-bond donors (Lipinski definition) is 7. The molecule has 0 bridgehead atoms. The highest BCUT2D eigenvalue weighted by atomic mass is 31.2. The molecule has 1 aliphatic heterocycles. The van der Waals surface area contributed by atoms with E-state index in [1.807, 2.05) is 0 Å². The van der Waals surface area contributed by atoms with Gasteiger partial charge in [-0.25, -0.2) is 0 Å². The molecule has 1 heterocycles. The van der Waals surface area contributed by atoms with E-state index in [0.29, 0.717) is 0 Å². The first kappa shape index (κ1) is 14.0. The van der Waals surface area contributed by atoms with Crippen molar-refractivity contribution in [1.29, 1.82) is 0 Å². The Balaban J connectivity index is 2.86. The largest absolute Gasteiger partial charge is 0.388 e. The third kappa shape index (κ3) is 2.59. The summed E-state index contributed by atoms with van der Waals surface area (Å²) < 4.78 is 15.3. The van der Waals surface area contributed by atoms with Crippen LogP contribution in [0.3, 0.4) is 0 Å². The summed E-state index contributed by atoms with van der Waals surface area (Å²) in [6, 6.07) is -1.32. The van der Waals surface area contributed by atoms with Gasteiger partial charge < -0.3 is 40.7 Å². The zero-order valence-electron chi connectivity index (χ0n) is 7.99. The Hall–Kier alpha value is -0.0900. The number of aliphatic hydroxyl groups excluding tert-OH is 4. The maximum absolute atomic E-state index is 10.7. The molecule has 1 aliphatic rings. The fourth-order valence-corrected chi connectivity index (χ4v) is 1.99. The number of rotatable bonds is 2. The molecule has 0 radical (unpaired) electrons. The summed E-state index contributed by atoms with van der Waals surface area (Å²) in [4.78, 5) is 17.3. The summed E-state index contributed by atoms with van der Waals surface area (Å²) in [5.74, 6) is -2.35. The van der Waals surface area contributed by atoms with Crippen molar-refractivity contribution in [3.8, 4) is 0 Å². The maximum Gasteiger partial charge on any atom is 0.356 e. The summed E-state index contributed by atoms with van der Waals surface area (Å²) in [5.41, 5.74) is 5.22. The molecule has 0 aromatic heterocycles. The van der Waals surface area contributed by atoms with Gasteiger partial charge in [-0.3, -0.25) is 4.57 Å². The molecule has 9 nitrogen and oxygen atoms in total. The standard InChI is InChI=1S/C6H14NO8P/c7-1-2(8)3(9)4(15-5(1)10)6(11)16(12,13)14/h1-6,8-11H,7H2,(H2,12,13,14)/t1-,2-,3+,4+,5?,6+/m1/s1. The molecule has 1 unspecified atom stereocenters. The van der Waals surface area contributed by atoms with E-state index in [4.69, 9.17) is 20.6 Å². The summed E-state index contributed by atoms with van der Waals surface area (Å²) in [6.07, 6.45) is -7.01. The van der Waals surface area contributed by atoms with Gasteiger partial charge in [-0.05, 0) is 0 Å². The fourth-order valence-electron chi connectivity index (χ4n) is 1.36. The van der Waals surface area contributed by atoms with Crippen molar-refractivity contribution in [3.63, 3.8) is 0 Å². The molecule has 0 aromatic carbocycles. The first-order chi connectivity index (χ1) is 7.16. The van der Waals surface area contributed by atoms with Gasteiger partial charge in [0.2, 0.25) is 0 Å². The molecule has 0 spiro atoms. The molecule has 8 N–H and O–H groups in total. The zero-order chi connectivity index (χ0) is 12.7. The minimum Gasteiger partial charge on any atom is -0.388 e. The van der Waals surface area contributed by atoms with Crippen LogP contribution >= 0.6 is 7.60 Å². The highest BCUT2D eigenvalue weighted by molar-refractivity contribution is 7.52. The lowest BCUT2D eigenvalue weighted by Crippen LogP contribution is -2.63. The molecule has 96 valence electrons. The second kappa shape index (κ2) is 4.65. The van der Waals surface area contributed by atoms with E-state index in [0.717, 1.165) is 0 Å². The van der Waals surface area contributed by atoms with Gasteiger partial charge in [-0.15, -0.1) is 0 Å². The topological polar surface area (TPSA) is 174 Å². The lowest BCUT2D eigenvalue weighted by atomic mass is 9.98. The lowest BCUT2D eigenvalue weighted by Gasteiger charge is -2.40. The van der Waals surface area contributed by atoms with Crippen LogP contribution in [0.1, 0.15) is 0 Å². The van der Waals surface area contributed by atoms with Crippen LogP contribution < -0.4 is 5.73 Å². The van der Waals surface area contributed by atoms with E-state index in [9.17, 15) is 19.9 Å². The van der Waals surface area contributed by atoms with E-state index in [1.54, 1.807) is 0 Å². The summed E-state index contributed by atoms with van der Waals surface area (Å²) >= 11 is 0. The van der Waals surface area contributed by atoms with Crippen molar-refractivity contribution >= 4 is 7.60 Å². The fraction of sp³-hybridized carbons (Fsp3) is 1.00. The summed E-state index contributed by atoms with van der Waals surface area (Å²) in [7, 11) is -4.93. The monoisotopic (exact) mass is 259 g/mol. The average molecular weight is 259 g/mol. The second-order valence-corrected chi connectivity index (χ2v) is 5.26. The predicted molar refractivity (Wildman–Crippen MR) is 48.9 cm³/mol. The van der Waals surface area contributed by atoms with Gasteiger partial charge in [0, 0.05) is 0 Å². The minimum absolute atomic E-state index is 1.32. The van der Waals surface area contributed by atoms with Crippen molar-refractivity contribution in [2.45, 2.75) is 36.5 Å². The molecular weight excluding hydrogens is 245 g/mol. The van der Waals surface area contributed by atoms with Gasteiger partial charge in [0.05, 0.1) is 6.04 Å². The predicted octanol–water partition coefficient (Wildman–Crippen LogP) is -3.75. The van der Waals surface area contributed by atoms with Crippen LogP contribution in [0.25, 0.3) is 0 Å². The Labute approximate surface area is 90.2 Å².